The van der Waals surface area contributed by atoms with E-state index in [1.807, 2.05) is 48.5 Å². The highest BCUT2D eigenvalue weighted by Gasteiger charge is 2.30. The molecule has 2 amide bonds. The van der Waals surface area contributed by atoms with Crippen LogP contribution in [0.1, 0.15) is 30.5 Å². The fourth-order valence-corrected chi connectivity index (χ4v) is 5.16. The van der Waals surface area contributed by atoms with E-state index in [2.05, 4.69) is 21.4 Å². The first-order valence-corrected chi connectivity index (χ1v) is 11.4. The summed E-state index contributed by atoms with van der Waals surface area (Å²) < 4.78 is 1.13. The van der Waals surface area contributed by atoms with Crippen LogP contribution in [-0.2, 0) is 16.0 Å². The van der Waals surface area contributed by atoms with Crippen LogP contribution in [0.5, 0.6) is 0 Å². The highest BCUT2D eigenvalue weighted by Crippen LogP contribution is 2.33. The zero-order valence-electron chi connectivity index (χ0n) is 17.6. The van der Waals surface area contributed by atoms with Crippen molar-refractivity contribution in [2.24, 2.45) is 0 Å². The number of carbonyl (C=O) groups excluding carboxylic acids is 2. The molecular weight excluding hydrogens is 420 g/mol. The summed E-state index contributed by atoms with van der Waals surface area (Å²) in [6.45, 7) is 2.18. The second kappa shape index (κ2) is 8.51. The van der Waals surface area contributed by atoms with Gasteiger partial charge < -0.3 is 10.2 Å². The van der Waals surface area contributed by atoms with Crippen LogP contribution >= 0.6 is 11.3 Å². The van der Waals surface area contributed by atoms with Crippen molar-refractivity contribution < 1.29 is 9.59 Å². The van der Waals surface area contributed by atoms with E-state index >= 15 is 0 Å². The Kier molecular flexibility index (Phi) is 5.41. The molecule has 4 aromatic rings. The minimum atomic E-state index is -0.264. The number of amides is 2. The van der Waals surface area contributed by atoms with Gasteiger partial charge in [0.2, 0.25) is 11.8 Å². The number of anilines is 1. The van der Waals surface area contributed by atoms with Gasteiger partial charge in [-0.25, -0.2) is 9.97 Å². The van der Waals surface area contributed by atoms with Crippen molar-refractivity contribution in [1.82, 2.24) is 14.9 Å². The summed E-state index contributed by atoms with van der Waals surface area (Å²) in [5.41, 5.74) is 4.12. The second-order valence-corrected chi connectivity index (χ2v) is 8.88. The Morgan fingerprint density at radius 1 is 1.09 bits per heavy atom. The van der Waals surface area contributed by atoms with Crippen molar-refractivity contribution in [1.29, 1.82) is 0 Å². The minimum Gasteiger partial charge on any atom is -0.335 e. The van der Waals surface area contributed by atoms with E-state index < -0.39 is 0 Å². The maximum absolute atomic E-state index is 12.8. The minimum absolute atomic E-state index is 0.0179. The predicted octanol–water partition coefficient (Wildman–Crippen LogP) is 4.83. The highest BCUT2D eigenvalue weighted by molar-refractivity contribution is 7.21. The van der Waals surface area contributed by atoms with Gasteiger partial charge in [0.1, 0.15) is 10.8 Å². The standard InChI is InChI=1S/C25H22N4O2S/c1-16(30)29-13-12-17-6-2-3-7-19(17)21(29)14-24(31)28-23-11-10-18(15-26-23)25-27-20-8-4-5-9-22(20)32-25/h2-11,15,21H,12-14H2,1H3,(H,26,28,31). The molecule has 0 bridgehead atoms. The smallest absolute Gasteiger partial charge is 0.227 e. The topological polar surface area (TPSA) is 75.2 Å². The highest BCUT2D eigenvalue weighted by atomic mass is 32.1. The number of fused-ring (bicyclic) bond motifs is 2. The number of pyridine rings is 1. The van der Waals surface area contributed by atoms with E-state index in [0.717, 1.165) is 32.8 Å². The van der Waals surface area contributed by atoms with Crippen LogP contribution in [0.3, 0.4) is 0 Å². The van der Waals surface area contributed by atoms with E-state index in [0.29, 0.717) is 12.4 Å². The van der Waals surface area contributed by atoms with E-state index in [1.54, 1.807) is 35.4 Å². The fourth-order valence-electron chi connectivity index (χ4n) is 4.21. The van der Waals surface area contributed by atoms with Gasteiger partial charge in [-0.05, 0) is 41.8 Å². The van der Waals surface area contributed by atoms with Gasteiger partial charge in [0.15, 0.2) is 0 Å². The number of aromatic nitrogens is 2. The molecule has 1 aliphatic rings. The van der Waals surface area contributed by atoms with Gasteiger partial charge in [-0.2, -0.15) is 0 Å². The quantitative estimate of drug-likeness (QED) is 0.491. The molecule has 0 saturated heterocycles. The maximum Gasteiger partial charge on any atom is 0.227 e. The fraction of sp³-hybridized carbons (Fsp3) is 0.200. The summed E-state index contributed by atoms with van der Waals surface area (Å²) in [6.07, 6.45) is 2.73. The van der Waals surface area contributed by atoms with Gasteiger partial charge in [-0.1, -0.05) is 36.4 Å². The number of rotatable bonds is 4. The van der Waals surface area contributed by atoms with Gasteiger partial charge in [0, 0.05) is 25.2 Å². The Hall–Kier alpha value is -3.58. The van der Waals surface area contributed by atoms with Crippen LogP contribution in [0.15, 0.2) is 66.9 Å². The average molecular weight is 443 g/mol. The molecular formula is C25H22N4O2S. The van der Waals surface area contributed by atoms with Crippen molar-refractivity contribution in [2.45, 2.75) is 25.8 Å². The van der Waals surface area contributed by atoms with Crippen LogP contribution in [0.25, 0.3) is 20.8 Å². The SMILES string of the molecule is CC(=O)N1CCc2ccccc2C1CC(=O)Nc1ccc(-c2nc3ccccc3s2)cn1. The molecule has 1 unspecified atom stereocenters. The number of hydrogen-bond acceptors (Lipinski definition) is 5. The number of nitrogens with one attached hydrogen (secondary N) is 1. The van der Waals surface area contributed by atoms with Crippen molar-refractivity contribution >= 4 is 39.2 Å². The molecule has 7 heteroatoms. The summed E-state index contributed by atoms with van der Waals surface area (Å²) in [6, 6.07) is 19.5. The molecule has 0 saturated carbocycles. The predicted molar refractivity (Wildman–Crippen MR) is 126 cm³/mol. The largest absolute Gasteiger partial charge is 0.335 e. The maximum atomic E-state index is 12.8. The lowest BCUT2D eigenvalue weighted by Gasteiger charge is -2.36. The molecule has 1 aliphatic heterocycles. The first-order chi connectivity index (χ1) is 15.6. The molecule has 0 fully saturated rings. The van der Waals surface area contributed by atoms with Crippen LogP contribution < -0.4 is 5.32 Å². The lowest BCUT2D eigenvalue weighted by molar-refractivity contribution is -0.132. The van der Waals surface area contributed by atoms with Crippen LogP contribution in [0.4, 0.5) is 5.82 Å². The van der Waals surface area contributed by atoms with Crippen LogP contribution in [-0.4, -0.2) is 33.2 Å². The molecule has 2 aromatic heterocycles. The third kappa shape index (κ3) is 3.99. The van der Waals surface area contributed by atoms with Crippen molar-refractivity contribution in [2.75, 3.05) is 11.9 Å². The zero-order chi connectivity index (χ0) is 22.1. The van der Waals surface area contributed by atoms with E-state index in [1.165, 1.54) is 5.56 Å². The monoisotopic (exact) mass is 442 g/mol. The summed E-state index contributed by atoms with van der Waals surface area (Å²) in [5.74, 6) is 0.298. The van der Waals surface area contributed by atoms with Crippen LogP contribution in [0.2, 0.25) is 0 Å². The molecule has 0 spiro atoms. The van der Waals surface area contributed by atoms with Gasteiger partial charge in [0.25, 0.3) is 0 Å². The first kappa shape index (κ1) is 20.3. The van der Waals surface area contributed by atoms with Crippen molar-refractivity contribution in [3.63, 3.8) is 0 Å². The first-order valence-electron chi connectivity index (χ1n) is 10.6. The molecule has 1 atom stereocenters. The molecule has 1 N–H and O–H groups in total. The normalized spacial score (nSPS) is 15.4. The van der Waals surface area contributed by atoms with Crippen LogP contribution in [0, 0.1) is 0 Å². The number of thiazole rings is 1. The summed E-state index contributed by atoms with van der Waals surface area (Å²) >= 11 is 1.61. The van der Waals surface area contributed by atoms with E-state index in [9.17, 15) is 9.59 Å². The molecule has 3 heterocycles. The molecule has 0 aliphatic carbocycles. The molecule has 6 nitrogen and oxygen atoms in total. The van der Waals surface area contributed by atoms with Crippen molar-refractivity contribution in [3.8, 4) is 10.6 Å². The Labute approximate surface area is 189 Å². The molecule has 0 radical (unpaired) electrons. The second-order valence-electron chi connectivity index (χ2n) is 7.85. The van der Waals surface area contributed by atoms with Gasteiger partial charge in [-0.3, -0.25) is 9.59 Å². The Balaban J connectivity index is 1.31. The van der Waals surface area contributed by atoms with E-state index in [-0.39, 0.29) is 24.3 Å². The average Bonchev–Trinajstić information content (AvgIpc) is 3.24. The number of hydrogen-bond donors (Lipinski definition) is 1. The third-order valence-corrected chi connectivity index (χ3v) is 6.85. The number of carbonyl (C=O) groups is 2. The Bertz CT molecular complexity index is 1270. The molecule has 2 aromatic carbocycles. The number of para-hydroxylation sites is 1. The Morgan fingerprint density at radius 3 is 2.69 bits per heavy atom. The van der Waals surface area contributed by atoms with Gasteiger partial charge >= 0.3 is 0 Å². The lowest BCUT2D eigenvalue weighted by Crippen LogP contribution is -2.40. The van der Waals surface area contributed by atoms with Gasteiger partial charge in [-0.15, -0.1) is 11.3 Å². The number of benzene rings is 2. The molecule has 160 valence electrons. The van der Waals surface area contributed by atoms with Gasteiger partial charge in [0.05, 0.1) is 22.7 Å². The number of nitrogens with zero attached hydrogens (tertiary/aromatic N) is 3. The molecule has 32 heavy (non-hydrogen) atoms. The van der Waals surface area contributed by atoms with Crippen molar-refractivity contribution in [3.05, 3.63) is 78.0 Å². The summed E-state index contributed by atoms with van der Waals surface area (Å²) in [5, 5.41) is 3.78. The zero-order valence-corrected chi connectivity index (χ0v) is 18.4. The van der Waals surface area contributed by atoms with E-state index in [4.69, 9.17) is 0 Å². The Morgan fingerprint density at radius 2 is 1.91 bits per heavy atom. The summed E-state index contributed by atoms with van der Waals surface area (Å²) in [7, 11) is 0. The lowest BCUT2D eigenvalue weighted by atomic mass is 9.90. The third-order valence-electron chi connectivity index (χ3n) is 5.77. The summed E-state index contributed by atoms with van der Waals surface area (Å²) in [4.78, 5) is 35.8. The molecule has 5 rings (SSSR count).